The van der Waals surface area contributed by atoms with Crippen molar-refractivity contribution in [3.8, 4) is 28.7 Å². The number of carbonyl (C=O) groups excluding carboxylic acids is 1. The van der Waals surface area contributed by atoms with Gasteiger partial charge in [-0.3, -0.25) is 9.59 Å². The Bertz CT molecular complexity index is 1140. The Morgan fingerprint density at radius 2 is 1.52 bits per heavy atom. The van der Waals surface area contributed by atoms with Crippen molar-refractivity contribution in [2.75, 3.05) is 0 Å². The van der Waals surface area contributed by atoms with Crippen molar-refractivity contribution in [2.24, 2.45) is 5.73 Å². The first-order valence-electron chi connectivity index (χ1n) is 9.95. The summed E-state index contributed by atoms with van der Waals surface area (Å²) in [6.07, 6.45) is -0.136. The highest BCUT2D eigenvalue weighted by Crippen LogP contribution is 2.41. The minimum atomic E-state index is -1.02. The van der Waals surface area contributed by atoms with E-state index in [0.29, 0.717) is 0 Å². The molecule has 2 atom stereocenters. The molecule has 3 aromatic carbocycles. The molecule has 0 aliphatic carbocycles. The molecule has 0 aromatic heterocycles. The zero-order chi connectivity index (χ0) is 24.1. The number of Topliss-reactive ketones (excluding diaryl/α,β-unsaturated/α-hetero) is 1. The average Bonchev–Trinajstić information content (AvgIpc) is 2.75. The van der Waals surface area contributed by atoms with Gasteiger partial charge in [-0.1, -0.05) is 24.3 Å². The third-order valence-corrected chi connectivity index (χ3v) is 4.96. The Kier molecular flexibility index (Phi) is 7.04. The second-order valence-electron chi connectivity index (χ2n) is 7.48. The molecule has 0 fully saturated rings. The van der Waals surface area contributed by atoms with E-state index in [2.05, 4.69) is 0 Å². The van der Waals surface area contributed by atoms with Gasteiger partial charge in [0.15, 0.2) is 5.78 Å². The number of benzene rings is 3. The van der Waals surface area contributed by atoms with E-state index in [1.807, 2.05) is 0 Å². The molecule has 1 heterocycles. The van der Waals surface area contributed by atoms with Crippen molar-refractivity contribution in [1.82, 2.24) is 0 Å². The van der Waals surface area contributed by atoms with Crippen LogP contribution in [0, 0.1) is 0 Å². The average molecular weight is 453 g/mol. The van der Waals surface area contributed by atoms with Gasteiger partial charge in [-0.2, -0.15) is 0 Å². The lowest BCUT2D eigenvalue weighted by molar-refractivity contribution is -0.138. The van der Waals surface area contributed by atoms with Crippen molar-refractivity contribution >= 4 is 11.8 Å². The molecule has 1 aliphatic heterocycles. The lowest BCUT2D eigenvalue weighted by Gasteiger charge is -2.26. The molecule has 0 bridgehead atoms. The third kappa shape index (κ3) is 5.92. The molecule has 7 N–H and O–H groups in total. The summed E-state index contributed by atoms with van der Waals surface area (Å²) in [5.41, 5.74) is 6.96. The van der Waals surface area contributed by atoms with Crippen LogP contribution in [-0.4, -0.2) is 43.3 Å². The predicted molar refractivity (Wildman–Crippen MR) is 118 cm³/mol. The summed E-state index contributed by atoms with van der Waals surface area (Å²) in [6, 6.07) is 14.2. The molecule has 0 amide bonds. The van der Waals surface area contributed by atoms with Crippen LogP contribution in [0.4, 0.5) is 0 Å². The zero-order valence-electron chi connectivity index (χ0n) is 17.4. The minimum Gasteiger partial charge on any atom is -0.508 e. The van der Waals surface area contributed by atoms with Gasteiger partial charge in [-0.15, -0.1) is 0 Å². The topological polar surface area (TPSA) is 171 Å². The number of carboxylic acid groups (broad SMARTS) is 1. The van der Waals surface area contributed by atoms with Crippen LogP contribution in [0.15, 0.2) is 60.7 Å². The molecule has 0 radical (unpaired) electrons. The lowest BCUT2D eigenvalue weighted by Crippen LogP contribution is -2.32. The van der Waals surface area contributed by atoms with Gasteiger partial charge in [0.25, 0.3) is 0 Å². The Morgan fingerprint density at radius 3 is 2.09 bits per heavy atom. The molecule has 0 saturated heterocycles. The Hall–Kier alpha value is -4.24. The molecule has 4 rings (SSSR count). The highest BCUT2D eigenvalue weighted by Gasteiger charge is 2.30. The summed E-state index contributed by atoms with van der Waals surface area (Å²) < 4.78 is 5.67. The number of ether oxygens (including phenoxy) is 1. The zero-order valence-corrected chi connectivity index (χ0v) is 17.4. The number of carbonyl (C=O) groups is 2. The van der Waals surface area contributed by atoms with Crippen LogP contribution < -0.4 is 10.5 Å². The molecule has 0 spiro atoms. The number of aliphatic carboxylic acids is 1. The number of ketones is 1. The van der Waals surface area contributed by atoms with Crippen LogP contribution in [0.1, 0.15) is 34.0 Å². The summed E-state index contributed by atoms with van der Waals surface area (Å²) in [6.45, 7) is 0. The van der Waals surface area contributed by atoms with E-state index in [9.17, 15) is 24.9 Å². The van der Waals surface area contributed by atoms with Crippen molar-refractivity contribution < 1.29 is 39.9 Å². The number of phenolic OH excluding ortho intramolecular Hbond substituents is 4. The van der Waals surface area contributed by atoms with Gasteiger partial charge in [0.1, 0.15) is 46.5 Å². The van der Waals surface area contributed by atoms with E-state index in [-0.39, 0.29) is 52.9 Å². The van der Waals surface area contributed by atoms with E-state index < -0.39 is 18.1 Å². The summed E-state index contributed by atoms with van der Waals surface area (Å²) in [5.74, 6) is -1.26. The largest absolute Gasteiger partial charge is 0.508 e. The predicted octanol–water partition coefficient (Wildman–Crippen LogP) is 2.86. The molecule has 3 aromatic rings. The molecule has 172 valence electrons. The third-order valence-electron chi connectivity index (χ3n) is 4.96. The van der Waals surface area contributed by atoms with Gasteiger partial charge in [-0.25, -0.2) is 0 Å². The van der Waals surface area contributed by atoms with Gasteiger partial charge >= 0.3 is 5.97 Å². The molecular formula is C24H23NO8. The molecule has 0 saturated carbocycles. The second-order valence-corrected chi connectivity index (χ2v) is 7.48. The van der Waals surface area contributed by atoms with Crippen LogP contribution in [0.5, 0.6) is 28.7 Å². The number of aromatic hydroxyl groups is 4. The van der Waals surface area contributed by atoms with Gasteiger partial charge in [-0.05, 0) is 41.8 Å². The van der Waals surface area contributed by atoms with Crippen molar-refractivity contribution in [2.45, 2.75) is 25.0 Å². The first-order chi connectivity index (χ1) is 15.6. The first kappa shape index (κ1) is 23.4. The van der Waals surface area contributed by atoms with E-state index in [0.717, 1.165) is 17.2 Å². The Morgan fingerprint density at radius 1 is 0.939 bits per heavy atom. The SMILES string of the molecule is N[C@@H](Cc1ccc(O)cc1)C(=O)O.O=C1C[C@@H](c2ccc(O)cc2)Oc2cc(O)cc(O)c21. The Balaban J connectivity index is 0.000000205. The lowest BCUT2D eigenvalue weighted by atomic mass is 9.95. The molecule has 1 aliphatic rings. The maximum absolute atomic E-state index is 12.1. The molecule has 9 heteroatoms. The van der Waals surface area contributed by atoms with Gasteiger partial charge in [0, 0.05) is 12.1 Å². The maximum atomic E-state index is 12.1. The fourth-order valence-corrected chi connectivity index (χ4v) is 3.27. The van der Waals surface area contributed by atoms with Crippen LogP contribution in [-0.2, 0) is 11.2 Å². The molecule has 0 unspecified atom stereocenters. The molecule has 9 nitrogen and oxygen atoms in total. The van der Waals surface area contributed by atoms with Crippen LogP contribution in [0.2, 0.25) is 0 Å². The van der Waals surface area contributed by atoms with Gasteiger partial charge < -0.3 is 36.0 Å². The number of hydrogen-bond acceptors (Lipinski definition) is 8. The van der Waals surface area contributed by atoms with Crippen molar-refractivity contribution in [3.05, 3.63) is 77.4 Å². The maximum Gasteiger partial charge on any atom is 0.320 e. The molecular weight excluding hydrogens is 430 g/mol. The van der Waals surface area contributed by atoms with Gasteiger partial charge in [0.05, 0.1) is 6.42 Å². The van der Waals surface area contributed by atoms with Crippen molar-refractivity contribution in [1.29, 1.82) is 0 Å². The fraction of sp³-hybridized carbons (Fsp3) is 0.167. The van der Waals surface area contributed by atoms with E-state index in [1.165, 1.54) is 30.3 Å². The van der Waals surface area contributed by atoms with Crippen LogP contribution >= 0.6 is 0 Å². The standard InChI is InChI=1S/C15H12O5.C9H11NO3/c16-9-3-1-8(2-4-9)13-7-12(19)15-11(18)5-10(17)6-14(15)20-13;10-8(9(12)13)5-6-1-3-7(11)4-2-6/h1-6,13,16-18H,7H2;1-4,8,11H,5,10H2,(H,12,13)/t13-;8-/m00/s1. The summed E-state index contributed by atoms with van der Waals surface area (Å²) >= 11 is 0. The number of nitrogens with two attached hydrogens (primary N) is 1. The van der Waals surface area contributed by atoms with Gasteiger partial charge in [0.2, 0.25) is 0 Å². The highest BCUT2D eigenvalue weighted by atomic mass is 16.5. The van der Waals surface area contributed by atoms with E-state index >= 15 is 0 Å². The van der Waals surface area contributed by atoms with E-state index in [4.69, 9.17) is 20.7 Å². The van der Waals surface area contributed by atoms with E-state index in [1.54, 1.807) is 24.3 Å². The second kappa shape index (κ2) is 9.92. The quantitative estimate of drug-likeness (QED) is 0.347. The molecule has 33 heavy (non-hydrogen) atoms. The fourth-order valence-electron chi connectivity index (χ4n) is 3.27. The van der Waals surface area contributed by atoms with Crippen LogP contribution in [0.25, 0.3) is 0 Å². The number of phenols is 4. The summed E-state index contributed by atoms with van der Waals surface area (Å²) in [5, 5.41) is 45.9. The number of rotatable bonds is 4. The van der Waals surface area contributed by atoms with Crippen molar-refractivity contribution in [3.63, 3.8) is 0 Å². The summed E-state index contributed by atoms with van der Waals surface area (Å²) in [7, 11) is 0. The normalized spacial score (nSPS) is 15.4. The number of fused-ring (bicyclic) bond motifs is 1. The smallest absolute Gasteiger partial charge is 0.320 e. The monoisotopic (exact) mass is 453 g/mol. The highest BCUT2D eigenvalue weighted by molar-refractivity contribution is 6.02. The minimum absolute atomic E-state index is 0.0934. The number of carboxylic acids is 1. The summed E-state index contributed by atoms with van der Waals surface area (Å²) in [4.78, 5) is 22.5. The van der Waals surface area contributed by atoms with Crippen LogP contribution in [0.3, 0.4) is 0 Å². The first-order valence-corrected chi connectivity index (χ1v) is 9.95. The number of hydrogen-bond donors (Lipinski definition) is 6. The Labute approximate surface area is 188 Å².